The monoisotopic (exact) mass is 413 g/mol. The van der Waals surface area contributed by atoms with E-state index in [1.807, 2.05) is 29.2 Å². The van der Waals surface area contributed by atoms with Crippen LogP contribution < -0.4 is 0 Å². The van der Waals surface area contributed by atoms with Crippen molar-refractivity contribution in [1.82, 2.24) is 4.90 Å². The van der Waals surface area contributed by atoms with Gasteiger partial charge in [0.05, 0.1) is 6.04 Å². The molecule has 5 rings (SSSR count). The molecule has 31 heavy (non-hydrogen) atoms. The van der Waals surface area contributed by atoms with Gasteiger partial charge in [0.15, 0.2) is 0 Å². The van der Waals surface area contributed by atoms with Gasteiger partial charge in [-0.15, -0.1) is 0 Å². The SMILES string of the molecule is CC(C)C1c2ccc(O)cc2CCN1C(=O)OCC1c2ccccc2-c2ccccc21. The van der Waals surface area contributed by atoms with E-state index in [0.29, 0.717) is 13.2 Å². The number of hydrogen-bond donors (Lipinski definition) is 1. The highest BCUT2D eigenvalue weighted by atomic mass is 16.6. The number of amides is 1. The third kappa shape index (κ3) is 3.36. The molecule has 158 valence electrons. The average molecular weight is 414 g/mol. The van der Waals surface area contributed by atoms with Gasteiger partial charge in [-0.3, -0.25) is 0 Å². The van der Waals surface area contributed by atoms with Crippen molar-refractivity contribution in [2.45, 2.75) is 32.2 Å². The second kappa shape index (κ2) is 7.77. The van der Waals surface area contributed by atoms with Gasteiger partial charge in [0, 0.05) is 12.5 Å². The predicted octanol–water partition coefficient (Wildman–Crippen LogP) is 5.90. The number of nitrogens with zero attached hydrogens (tertiary/aromatic N) is 1. The van der Waals surface area contributed by atoms with Crippen LogP contribution in [-0.2, 0) is 11.2 Å². The van der Waals surface area contributed by atoms with Crippen LogP contribution in [0.1, 0.15) is 48.1 Å². The van der Waals surface area contributed by atoms with Crippen molar-refractivity contribution >= 4 is 6.09 Å². The van der Waals surface area contributed by atoms with Crippen LogP contribution in [-0.4, -0.2) is 29.3 Å². The van der Waals surface area contributed by atoms with E-state index in [-0.39, 0.29) is 29.7 Å². The number of phenolic OH excluding ortho intramolecular Hbond substituents is 1. The molecule has 0 fully saturated rings. The van der Waals surface area contributed by atoms with E-state index in [9.17, 15) is 9.90 Å². The molecule has 0 aromatic heterocycles. The van der Waals surface area contributed by atoms with E-state index in [4.69, 9.17) is 4.74 Å². The van der Waals surface area contributed by atoms with Crippen molar-refractivity contribution in [3.8, 4) is 16.9 Å². The first-order chi connectivity index (χ1) is 15.0. The molecule has 1 amide bonds. The zero-order valence-electron chi connectivity index (χ0n) is 17.9. The maximum atomic E-state index is 13.2. The van der Waals surface area contributed by atoms with E-state index < -0.39 is 0 Å². The predicted molar refractivity (Wildman–Crippen MR) is 121 cm³/mol. The van der Waals surface area contributed by atoms with E-state index in [1.165, 1.54) is 22.3 Å². The number of hydrogen-bond acceptors (Lipinski definition) is 3. The number of ether oxygens (including phenoxy) is 1. The van der Waals surface area contributed by atoms with Crippen LogP contribution in [0.4, 0.5) is 4.79 Å². The average Bonchev–Trinajstić information content (AvgIpc) is 3.10. The lowest BCUT2D eigenvalue weighted by Gasteiger charge is -2.39. The topological polar surface area (TPSA) is 49.8 Å². The number of phenols is 1. The minimum atomic E-state index is -0.265. The Bertz CT molecular complexity index is 1090. The van der Waals surface area contributed by atoms with Crippen molar-refractivity contribution in [2.75, 3.05) is 13.2 Å². The molecule has 0 bridgehead atoms. The Morgan fingerprint density at radius 3 is 2.29 bits per heavy atom. The van der Waals surface area contributed by atoms with Gasteiger partial charge in [-0.1, -0.05) is 68.4 Å². The first kappa shape index (κ1) is 19.7. The van der Waals surface area contributed by atoms with Crippen molar-refractivity contribution in [1.29, 1.82) is 0 Å². The molecular weight excluding hydrogens is 386 g/mol. The number of benzene rings is 3. The largest absolute Gasteiger partial charge is 0.508 e. The normalized spacial score (nSPS) is 17.3. The van der Waals surface area contributed by atoms with Crippen LogP contribution in [0.3, 0.4) is 0 Å². The summed E-state index contributed by atoms with van der Waals surface area (Å²) in [6.45, 7) is 5.17. The van der Waals surface area contributed by atoms with E-state index in [0.717, 1.165) is 17.5 Å². The second-order valence-electron chi connectivity index (χ2n) is 8.82. The number of fused-ring (bicyclic) bond motifs is 4. The zero-order chi connectivity index (χ0) is 21.5. The molecule has 4 nitrogen and oxygen atoms in total. The molecule has 1 aliphatic carbocycles. The molecule has 1 atom stereocenters. The molecule has 4 heteroatoms. The Morgan fingerprint density at radius 2 is 1.65 bits per heavy atom. The smallest absolute Gasteiger partial charge is 0.410 e. The van der Waals surface area contributed by atoms with Crippen LogP contribution in [0.25, 0.3) is 11.1 Å². The summed E-state index contributed by atoms with van der Waals surface area (Å²) < 4.78 is 5.94. The summed E-state index contributed by atoms with van der Waals surface area (Å²) in [7, 11) is 0. The molecule has 0 saturated heterocycles. The fourth-order valence-electron chi connectivity index (χ4n) is 5.25. The summed E-state index contributed by atoms with van der Waals surface area (Å²) in [5, 5.41) is 9.85. The van der Waals surface area contributed by atoms with Gasteiger partial charge >= 0.3 is 6.09 Å². The molecule has 3 aromatic carbocycles. The summed E-state index contributed by atoms with van der Waals surface area (Å²) in [5.74, 6) is 0.572. The molecule has 1 unspecified atom stereocenters. The van der Waals surface area contributed by atoms with Gasteiger partial charge in [0.1, 0.15) is 12.4 Å². The standard InChI is InChI=1S/C27H27NO3/c1-17(2)26-20-12-11-19(29)15-18(20)13-14-28(26)27(30)31-16-25-23-9-5-3-7-21(23)22-8-4-6-10-24(22)25/h3-12,15,17,25-26,29H,13-14,16H2,1-2H3. The van der Waals surface area contributed by atoms with Crippen LogP contribution in [0, 0.1) is 5.92 Å². The van der Waals surface area contributed by atoms with Gasteiger partial charge < -0.3 is 14.7 Å². The van der Waals surface area contributed by atoms with Crippen LogP contribution in [0.2, 0.25) is 0 Å². The third-order valence-electron chi connectivity index (χ3n) is 6.61. The molecule has 2 aliphatic rings. The third-order valence-corrected chi connectivity index (χ3v) is 6.61. The number of aromatic hydroxyl groups is 1. The highest BCUT2D eigenvalue weighted by Crippen LogP contribution is 2.45. The van der Waals surface area contributed by atoms with Crippen molar-refractivity contribution < 1.29 is 14.6 Å². The fraction of sp³-hybridized carbons (Fsp3) is 0.296. The second-order valence-corrected chi connectivity index (χ2v) is 8.82. The summed E-state index contributed by atoms with van der Waals surface area (Å²) in [6.07, 6.45) is 0.455. The van der Waals surface area contributed by atoms with Gasteiger partial charge in [-0.05, 0) is 57.9 Å². The number of carbonyl (C=O) groups is 1. The number of rotatable bonds is 3. The van der Waals surface area contributed by atoms with Crippen molar-refractivity contribution in [2.24, 2.45) is 5.92 Å². The quantitative estimate of drug-likeness (QED) is 0.582. The lowest BCUT2D eigenvalue weighted by atomic mass is 9.86. The highest BCUT2D eigenvalue weighted by molar-refractivity contribution is 5.79. The Kier molecular flexibility index (Phi) is 4.93. The molecule has 0 saturated carbocycles. The molecule has 1 N–H and O–H groups in total. The Morgan fingerprint density at radius 1 is 1.00 bits per heavy atom. The molecule has 3 aromatic rings. The fourth-order valence-corrected chi connectivity index (χ4v) is 5.25. The van der Waals surface area contributed by atoms with Crippen LogP contribution >= 0.6 is 0 Å². The van der Waals surface area contributed by atoms with Gasteiger partial charge in [-0.25, -0.2) is 4.79 Å². The molecule has 0 spiro atoms. The van der Waals surface area contributed by atoms with Crippen LogP contribution in [0.5, 0.6) is 5.75 Å². The Balaban J connectivity index is 1.38. The van der Waals surface area contributed by atoms with Gasteiger partial charge in [0.25, 0.3) is 0 Å². The minimum absolute atomic E-state index is 0.0556. The summed E-state index contributed by atoms with van der Waals surface area (Å²) in [4.78, 5) is 15.1. The summed E-state index contributed by atoms with van der Waals surface area (Å²) in [6, 6.07) is 22.2. The van der Waals surface area contributed by atoms with Crippen molar-refractivity contribution in [3.05, 3.63) is 89.0 Å². The lowest BCUT2D eigenvalue weighted by molar-refractivity contribution is 0.0696. The summed E-state index contributed by atoms with van der Waals surface area (Å²) >= 11 is 0. The molecular formula is C27H27NO3. The Labute approximate surface area is 183 Å². The number of carbonyl (C=O) groups excluding carboxylic acids is 1. The summed E-state index contributed by atoms with van der Waals surface area (Å²) in [5.41, 5.74) is 7.11. The van der Waals surface area contributed by atoms with E-state index in [2.05, 4.69) is 50.2 Å². The molecule has 1 heterocycles. The minimum Gasteiger partial charge on any atom is -0.508 e. The van der Waals surface area contributed by atoms with E-state index >= 15 is 0 Å². The van der Waals surface area contributed by atoms with Gasteiger partial charge in [0.2, 0.25) is 0 Å². The lowest BCUT2D eigenvalue weighted by Crippen LogP contribution is -2.42. The van der Waals surface area contributed by atoms with E-state index in [1.54, 1.807) is 6.07 Å². The van der Waals surface area contributed by atoms with Gasteiger partial charge in [-0.2, -0.15) is 0 Å². The first-order valence-corrected chi connectivity index (χ1v) is 11.0. The van der Waals surface area contributed by atoms with Crippen LogP contribution in [0.15, 0.2) is 66.7 Å². The van der Waals surface area contributed by atoms with Crippen molar-refractivity contribution in [3.63, 3.8) is 0 Å². The Hall–Kier alpha value is -3.27. The molecule has 1 aliphatic heterocycles. The highest BCUT2D eigenvalue weighted by Gasteiger charge is 2.35. The maximum absolute atomic E-state index is 13.2. The maximum Gasteiger partial charge on any atom is 0.410 e. The molecule has 0 radical (unpaired) electrons. The first-order valence-electron chi connectivity index (χ1n) is 11.0. The zero-order valence-corrected chi connectivity index (χ0v) is 17.9.